The lowest BCUT2D eigenvalue weighted by atomic mass is 10.00. The first-order valence-electron chi connectivity index (χ1n) is 9.69. The van der Waals surface area contributed by atoms with Gasteiger partial charge in [-0.1, -0.05) is 0 Å². The highest BCUT2D eigenvalue weighted by Crippen LogP contribution is 2.31. The quantitative estimate of drug-likeness (QED) is 0.599. The van der Waals surface area contributed by atoms with Crippen LogP contribution in [0.25, 0.3) is 21.9 Å². The normalized spacial score (nSPS) is 20.8. The van der Waals surface area contributed by atoms with Crippen LogP contribution in [0.1, 0.15) is 28.9 Å². The Morgan fingerprint density at radius 3 is 2.43 bits per heavy atom. The van der Waals surface area contributed by atoms with Gasteiger partial charge >= 0.3 is 5.63 Å². The molecule has 1 saturated heterocycles. The second-order valence-electron chi connectivity index (χ2n) is 7.94. The Morgan fingerprint density at radius 1 is 1.10 bits per heavy atom. The van der Waals surface area contributed by atoms with Crippen molar-refractivity contribution in [3.05, 3.63) is 45.0 Å². The summed E-state index contributed by atoms with van der Waals surface area (Å²) >= 11 is 0. The summed E-state index contributed by atoms with van der Waals surface area (Å²) in [7, 11) is -3.35. The zero-order valence-electron chi connectivity index (χ0n) is 16.9. The van der Waals surface area contributed by atoms with Crippen molar-refractivity contribution < 1.29 is 27.2 Å². The molecule has 9 heteroatoms. The van der Waals surface area contributed by atoms with Crippen LogP contribution in [-0.2, 0) is 21.1 Å². The van der Waals surface area contributed by atoms with Crippen LogP contribution in [0.4, 0.5) is 0 Å². The summed E-state index contributed by atoms with van der Waals surface area (Å²) in [5, 5.41) is 14.1. The number of sulfone groups is 1. The summed E-state index contributed by atoms with van der Waals surface area (Å²) in [4.78, 5) is 24.8. The highest BCUT2D eigenvalue weighted by Gasteiger charge is 2.37. The van der Waals surface area contributed by atoms with Crippen LogP contribution in [0.3, 0.4) is 0 Å². The molecular weight excluding hydrogens is 410 g/mol. The molecule has 160 valence electrons. The minimum atomic E-state index is -3.35. The van der Waals surface area contributed by atoms with Crippen LogP contribution in [0.15, 0.2) is 25.8 Å². The summed E-state index contributed by atoms with van der Waals surface area (Å²) < 4.78 is 34.3. The van der Waals surface area contributed by atoms with Crippen molar-refractivity contribution in [1.82, 2.24) is 5.32 Å². The number of benzene rings is 1. The fraction of sp³-hybridized carbons (Fsp3) is 0.429. The standard InChI is InChI=1S/C21H23NO7S/c1-10-12(3)28-18-7-19-15(6-14(10)18)11(2)13(21(25)29-19)4-5-20(24)22-16-8-30(26,27)9-17(16)23/h6-7,16-17,23H,4-5,8-9H2,1-3H3,(H,22,24). The van der Waals surface area contributed by atoms with Gasteiger partial charge in [-0.2, -0.15) is 0 Å². The Kier molecular flexibility index (Phi) is 4.98. The van der Waals surface area contributed by atoms with E-state index in [9.17, 15) is 23.1 Å². The molecule has 1 amide bonds. The van der Waals surface area contributed by atoms with Crippen molar-refractivity contribution in [2.75, 3.05) is 11.5 Å². The number of rotatable bonds is 4. The molecule has 3 aromatic rings. The van der Waals surface area contributed by atoms with E-state index in [1.165, 1.54) is 0 Å². The Labute approximate surface area is 172 Å². The van der Waals surface area contributed by atoms with Crippen LogP contribution in [-0.4, -0.2) is 43.1 Å². The molecule has 2 atom stereocenters. The van der Waals surface area contributed by atoms with Crippen LogP contribution in [0.2, 0.25) is 0 Å². The number of nitrogens with one attached hydrogen (secondary N) is 1. The minimum absolute atomic E-state index is 0.0214. The van der Waals surface area contributed by atoms with Crippen molar-refractivity contribution in [1.29, 1.82) is 0 Å². The molecule has 1 aliphatic rings. The zero-order valence-corrected chi connectivity index (χ0v) is 17.8. The number of furan rings is 1. The topological polar surface area (TPSA) is 127 Å². The monoisotopic (exact) mass is 433 g/mol. The summed E-state index contributed by atoms with van der Waals surface area (Å²) in [5.74, 6) is -0.261. The highest BCUT2D eigenvalue weighted by atomic mass is 32.2. The van der Waals surface area contributed by atoms with Gasteiger partial charge in [0.15, 0.2) is 9.84 Å². The second-order valence-corrected chi connectivity index (χ2v) is 10.1. The summed E-state index contributed by atoms with van der Waals surface area (Å²) in [5.41, 5.74) is 2.70. The maximum Gasteiger partial charge on any atom is 0.339 e. The van der Waals surface area contributed by atoms with Gasteiger partial charge in [0.1, 0.15) is 16.9 Å². The lowest BCUT2D eigenvalue weighted by Gasteiger charge is -2.15. The molecule has 1 aromatic carbocycles. The van der Waals surface area contributed by atoms with Gasteiger partial charge in [0.2, 0.25) is 5.91 Å². The number of hydrogen-bond acceptors (Lipinski definition) is 7. The van der Waals surface area contributed by atoms with E-state index in [1.807, 2.05) is 26.8 Å². The van der Waals surface area contributed by atoms with Gasteiger partial charge in [-0.3, -0.25) is 4.79 Å². The molecule has 1 aliphatic heterocycles. The number of aryl methyl sites for hydroxylation is 3. The molecule has 2 aromatic heterocycles. The van der Waals surface area contributed by atoms with E-state index in [0.29, 0.717) is 16.7 Å². The summed E-state index contributed by atoms with van der Waals surface area (Å²) in [6, 6.07) is 2.81. The Morgan fingerprint density at radius 2 is 1.77 bits per heavy atom. The van der Waals surface area contributed by atoms with E-state index in [2.05, 4.69) is 5.32 Å². The van der Waals surface area contributed by atoms with Crippen molar-refractivity contribution in [3.63, 3.8) is 0 Å². The number of hydrogen-bond donors (Lipinski definition) is 2. The molecule has 0 bridgehead atoms. The fourth-order valence-electron chi connectivity index (χ4n) is 4.00. The van der Waals surface area contributed by atoms with Gasteiger partial charge < -0.3 is 19.3 Å². The molecule has 2 unspecified atom stereocenters. The Hall–Kier alpha value is -2.65. The first-order valence-corrected chi connectivity index (χ1v) is 11.5. The van der Waals surface area contributed by atoms with E-state index < -0.39 is 33.5 Å². The number of aliphatic hydroxyl groups excluding tert-OH is 1. The average Bonchev–Trinajstić information content (AvgIpc) is 3.07. The van der Waals surface area contributed by atoms with Crippen molar-refractivity contribution in [3.8, 4) is 0 Å². The molecule has 30 heavy (non-hydrogen) atoms. The highest BCUT2D eigenvalue weighted by molar-refractivity contribution is 7.91. The maximum absolute atomic E-state index is 12.5. The van der Waals surface area contributed by atoms with Gasteiger partial charge in [-0.25, -0.2) is 13.2 Å². The van der Waals surface area contributed by atoms with E-state index in [0.717, 1.165) is 27.7 Å². The zero-order chi connectivity index (χ0) is 21.8. The van der Waals surface area contributed by atoms with Gasteiger partial charge in [-0.05, 0) is 44.4 Å². The van der Waals surface area contributed by atoms with Crippen LogP contribution in [0, 0.1) is 20.8 Å². The largest absolute Gasteiger partial charge is 0.461 e. The van der Waals surface area contributed by atoms with E-state index in [1.54, 1.807) is 6.07 Å². The third-order valence-corrected chi connectivity index (χ3v) is 7.57. The van der Waals surface area contributed by atoms with Gasteiger partial charge in [0.05, 0.1) is 23.7 Å². The second kappa shape index (κ2) is 7.24. The predicted molar refractivity (Wildman–Crippen MR) is 111 cm³/mol. The fourth-order valence-corrected chi connectivity index (χ4v) is 5.74. The third-order valence-electron chi connectivity index (χ3n) is 5.85. The van der Waals surface area contributed by atoms with Gasteiger partial charge in [0.25, 0.3) is 0 Å². The molecule has 0 radical (unpaired) electrons. The Balaban J connectivity index is 1.58. The predicted octanol–water partition coefficient (Wildman–Crippen LogP) is 1.67. The molecule has 2 N–H and O–H groups in total. The molecular formula is C21H23NO7S. The smallest absolute Gasteiger partial charge is 0.339 e. The first kappa shape index (κ1) is 20.6. The number of aliphatic hydroxyl groups is 1. The molecule has 0 saturated carbocycles. The minimum Gasteiger partial charge on any atom is -0.461 e. The van der Waals surface area contributed by atoms with Crippen LogP contribution in [0.5, 0.6) is 0 Å². The number of amides is 1. The van der Waals surface area contributed by atoms with Crippen molar-refractivity contribution in [2.45, 2.75) is 45.8 Å². The molecule has 8 nitrogen and oxygen atoms in total. The van der Waals surface area contributed by atoms with Gasteiger partial charge in [0, 0.05) is 28.8 Å². The molecule has 0 spiro atoms. The van der Waals surface area contributed by atoms with Crippen LogP contribution >= 0.6 is 0 Å². The van der Waals surface area contributed by atoms with Crippen molar-refractivity contribution >= 4 is 37.7 Å². The average molecular weight is 433 g/mol. The summed E-state index contributed by atoms with van der Waals surface area (Å²) in [6.07, 6.45) is -0.991. The molecule has 4 rings (SSSR count). The lowest BCUT2D eigenvalue weighted by Crippen LogP contribution is -2.42. The van der Waals surface area contributed by atoms with Gasteiger partial charge in [-0.15, -0.1) is 0 Å². The molecule has 1 fully saturated rings. The summed E-state index contributed by atoms with van der Waals surface area (Å²) in [6.45, 7) is 5.65. The number of fused-ring (bicyclic) bond motifs is 2. The lowest BCUT2D eigenvalue weighted by molar-refractivity contribution is -0.122. The first-order chi connectivity index (χ1) is 14.1. The molecule has 0 aliphatic carbocycles. The van der Waals surface area contributed by atoms with Crippen LogP contribution < -0.4 is 10.9 Å². The third kappa shape index (κ3) is 3.63. The molecule has 3 heterocycles. The van der Waals surface area contributed by atoms with E-state index in [4.69, 9.17) is 8.83 Å². The van der Waals surface area contributed by atoms with Crippen molar-refractivity contribution in [2.24, 2.45) is 0 Å². The maximum atomic E-state index is 12.5. The van der Waals surface area contributed by atoms with E-state index in [-0.39, 0.29) is 24.3 Å². The number of carbonyl (C=O) groups excluding carboxylic acids is 1. The number of carbonyl (C=O) groups is 1. The Bertz CT molecular complexity index is 1330. The SMILES string of the molecule is Cc1oc2cc3oc(=O)c(CCC(=O)NC4CS(=O)(=O)CC4O)c(C)c3cc2c1C. The van der Waals surface area contributed by atoms with E-state index >= 15 is 0 Å².